The van der Waals surface area contributed by atoms with Crippen LogP contribution in [-0.2, 0) is 4.79 Å². The van der Waals surface area contributed by atoms with Gasteiger partial charge in [-0.3, -0.25) is 14.6 Å². The van der Waals surface area contributed by atoms with Crippen LogP contribution in [-0.4, -0.2) is 53.2 Å². The molecular formula is C25H28N8O3. The van der Waals surface area contributed by atoms with E-state index in [0.29, 0.717) is 22.4 Å². The van der Waals surface area contributed by atoms with Crippen LogP contribution in [0.3, 0.4) is 0 Å². The Balaban J connectivity index is 1.62. The molecule has 186 valence electrons. The average molecular weight is 489 g/mol. The lowest BCUT2D eigenvalue weighted by molar-refractivity contribution is -0.127. The highest BCUT2D eigenvalue weighted by molar-refractivity contribution is 6.06. The Hall–Kier alpha value is -4.25. The molecule has 1 fully saturated rings. The molecule has 4 rings (SSSR count). The largest absolute Gasteiger partial charge is 0.339 e. The number of hydrogen-bond donors (Lipinski definition) is 2. The van der Waals surface area contributed by atoms with Crippen molar-refractivity contribution < 1.29 is 9.59 Å². The molecule has 0 saturated carbocycles. The number of carbonyl (C=O) groups is 2. The molecule has 0 bridgehead atoms. The van der Waals surface area contributed by atoms with Crippen LogP contribution in [0, 0.1) is 4.91 Å². The van der Waals surface area contributed by atoms with Crippen molar-refractivity contribution in [1.29, 1.82) is 0 Å². The van der Waals surface area contributed by atoms with Gasteiger partial charge in [-0.25, -0.2) is 10.8 Å². The maximum atomic E-state index is 12.9. The van der Waals surface area contributed by atoms with Gasteiger partial charge in [-0.1, -0.05) is 34.7 Å². The summed E-state index contributed by atoms with van der Waals surface area (Å²) in [5.41, 5.74) is 4.08. The minimum Gasteiger partial charge on any atom is -0.339 e. The number of carbonyl (C=O) groups excluding carboxylic acids is 2. The number of nitroso groups, excluding NO2 is 1. The summed E-state index contributed by atoms with van der Waals surface area (Å²) in [4.78, 5) is 42.7. The third-order valence-electron chi connectivity index (χ3n) is 6.17. The molecule has 11 heteroatoms. The van der Waals surface area contributed by atoms with Crippen molar-refractivity contribution in [2.45, 2.75) is 32.2 Å². The van der Waals surface area contributed by atoms with Gasteiger partial charge in [0.1, 0.15) is 6.04 Å². The first-order valence-electron chi connectivity index (χ1n) is 11.7. The van der Waals surface area contributed by atoms with Gasteiger partial charge in [-0.15, -0.1) is 5.11 Å². The number of fused-ring (bicyclic) bond motifs is 1. The molecular weight excluding hydrogens is 460 g/mol. The maximum absolute atomic E-state index is 12.9. The summed E-state index contributed by atoms with van der Waals surface area (Å²) in [6.07, 6.45) is 3.85. The van der Waals surface area contributed by atoms with E-state index in [1.807, 2.05) is 47.4 Å². The van der Waals surface area contributed by atoms with Gasteiger partial charge in [-0.05, 0) is 55.2 Å². The van der Waals surface area contributed by atoms with Gasteiger partial charge in [0.2, 0.25) is 0 Å². The molecule has 0 aliphatic carbocycles. The fourth-order valence-electron chi connectivity index (χ4n) is 4.28. The molecule has 11 nitrogen and oxygen atoms in total. The zero-order valence-corrected chi connectivity index (χ0v) is 20.0. The Kier molecular flexibility index (Phi) is 7.59. The van der Waals surface area contributed by atoms with Gasteiger partial charge in [0.25, 0.3) is 11.8 Å². The Morgan fingerprint density at radius 3 is 2.47 bits per heavy atom. The minimum absolute atomic E-state index is 0.0212. The Morgan fingerprint density at radius 1 is 1.11 bits per heavy atom. The number of nitrogens with zero attached hydrogens (tertiary/aromatic N) is 6. The topological polar surface area (TPSA) is 159 Å². The lowest BCUT2D eigenvalue weighted by Gasteiger charge is -2.18. The van der Waals surface area contributed by atoms with E-state index in [4.69, 9.17) is 11.7 Å². The number of hydrazine groups is 1. The molecule has 1 saturated heterocycles. The van der Waals surface area contributed by atoms with Crippen LogP contribution in [0.15, 0.2) is 68.5 Å². The second-order valence-corrected chi connectivity index (χ2v) is 8.85. The van der Waals surface area contributed by atoms with E-state index < -0.39 is 11.9 Å². The fraction of sp³-hybridized carbons (Fsp3) is 0.320. The van der Waals surface area contributed by atoms with Gasteiger partial charge in [-0.2, -0.15) is 4.91 Å². The number of rotatable bonds is 6. The highest BCUT2D eigenvalue weighted by Crippen LogP contribution is 2.33. The molecule has 4 N–H and O–H groups in total. The molecule has 1 atom stereocenters. The summed E-state index contributed by atoms with van der Waals surface area (Å²) in [5.74, 6) is 11.0. The minimum atomic E-state index is -0.644. The number of amidine groups is 1. The third kappa shape index (κ3) is 5.52. The van der Waals surface area contributed by atoms with Crippen molar-refractivity contribution in [2.24, 2.45) is 32.2 Å². The summed E-state index contributed by atoms with van der Waals surface area (Å²) in [6.45, 7) is 3.16. The monoisotopic (exact) mass is 488 g/mol. The van der Waals surface area contributed by atoms with Crippen LogP contribution < -0.4 is 11.7 Å². The second kappa shape index (κ2) is 11.0. The molecule has 2 aromatic carbocycles. The lowest BCUT2D eigenvalue weighted by atomic mass is 10.00. The molecule has 2 aliphatic heterocycles. The second-order valence-electron chi connectivity index (χ2n) is 8.85. The van der Waals surface area contributed by atoms with Gasteiger partial charge < -0.3 is 10.7 Å². The van der Waals surface area contributed by atoms with Gasteiger partial charge in [0.15, 0.2) is 5.84 Å². The fourth-order valence-corrected chi connectivity index (χ4v) is 4.28. The van der Waals surface area contributed by atoms with Crippen LogP contribution in [0.2, 0.25) is 0 Å². The summed E-state index contributed by atoms with van der Waals surface area (Å²) in [7, 11) is 0. The average Bonchev–Trinajstić information content (AvgIpc) is 3.37. The van der Waals surface area contributed by atoms with Gasteiger partial charge >= 0.3 is 0 Å². The predicted octanol–water partition coefficient (Wildman–Crippen LogP) is 3.59. The van der Waals surface area contributed by atoms with Crippen molar-refractivity contribution in [3.8, 4) is 11.1 Å². The van der Waals surface area contributed by atoms with Crippen molar-refractivity contribution in [2.75, 3.05) is 19.6 Å². The van der Waals surface area contributed by atoms with Crippen molar-refractivity contribution in [3.05, 3.63) is 64.1 Å². The van der Waals surface area contributed by atoms with E-state index in [1.165, 1.54) is 0 Å². The lowest BCUT2D eigenvalue weighted by Crippen LogP contribution is -2.42. The highest BCUT2D eigenvalue weighted by atomic mass is 16.3. The van der Waals surface area contributed by atoms with E-state index in [1.54, 1.807) is 13.0 Å². The van der Waals surface area contributed by atoms with Crippen LogP contribution in [0.25, 0.3) is 17.2 Å². The van der Waals surface area contributed by atoms with Crippen LogP contribution in [0.1, 0.15) is 42.1 Å². The van der Waals surface area contributed by atoms with Crippen LogP contribution in [0.5, 0.6) is 0 Å². The quantitative estimate of drug-likeness (QED) is 0.209. The van der Waals surface area contributed by atoms with E-state index >= 15 is 0 Å². The number of likely N-dealkylation sites (tertiary alicyclic amines) is 1. The third-order valence-corrected chi connectivity index (χ3v) is 6.17. The number of nitrogens with two attached hydrogens (primary N) is 2. The summed E-state index contributed by atoms with van der Waals surface area (Å²) in [5, 5.41) is 11.1. The van der Waals surface area contributed by atoms with E-state index in [2.05, 4.69) is 20.5 Å². The summed E-state index contributed by atoms with van der Waals surface area (Å²) >= 11 is 0. The van der Waals surface area contributed by atoms with Gasteiger partial charge in [0.05, 0.1) is 12.2 Å². The standard InChI is InChI=1S/C25H28N8O3/c1-16(30-36)15-33(27)25(35)21-12-20-9-8-19(13-22(20)28-23(14-21)29-31-26)17-4-6-18(7-5-17)24(34)32-10-2-3-11-32/h4-9,12-13,16H,2-3,10-11,14-15,27H2,1H3,(H2,26,28,29). The molecule has 2 amide bonds. The molecule has 1 unspecified atom stereocenters. The Labute approximate surface area is 208 Å². The molecule has 2 aromatic rings. The summed E-state index contributed by atoms with van der Waals surface area (Å²) < 4.78 is 0. The normalized spacial score (nSPS) is 16.1. The number of benzene rings is 2. The maximum Gasteiger partial charge on any atom is 0.264 e. The number of aliphatic imine (C=N–C) groups is 1. The zero-order chi connectivity index (χ0) is 25.7. The smallest absolute Gasteiger partial charge is 0.264 e. The zero-order valence-electron chi connectivity index (χ0n) is 20.0. The first kappa shape index (κ1) is 24.9. The van der Waals surface area contributed by atoms with Crippen LogP contribution in [0.4, 0.5) is 5.69 Å². The van der Waals surface area contributed by atoms with E-state index in [0.717, 1.165) is 42.1 Å². The molecule has 2 aliphatic rings. The molecule has 0 radical (unpaired) electrons. The van der Waals surface area contributed by atoms with Crippen LogP contribution >= 0.6 is 0 Å². The van der Waals surface area contributed by atoms with E-state index in [-0.39, 0.29) is 24.7 Å². The predicted molar refractivity (Wildman–Crippen MR) is 137 cm³/mol. The Morgan fingerprint density at radius 2 is 1.81 bits per heavy atom. The first-order chi connectivity index (χ1) is 17.4. The van der Waals surface area contributed by atoms with E-state index in [9.17, 15) is 14.5 Å². The van der Waals surface area contributed by atoms with Gasteiger partial charge in [0, 0.05) is 36.2 Å². The molecule has 36 heavy (non-hydrogen) atoms. The number of amides is 2. The summed E-state index contributed by atoms with van der Waals surface area (Å²) in [6, 6.07) is 12.5. The molecule has 2 heterocycles. The molecule has 0 aromatic heterocycles. The van der Waals surface area contributed by atoms with Crippen molar-refractivity contribution in [3.63, 3.8) is 0 Å². The van der Waals surface area contributed by atoms with Crippen molar-refractivity contribution in [1.82, 2.24) is 9.91 Å². The number of hydrogen-bond acceptors (Lipinski definition) is 8. The Bertz CT molecular complexity index is 1250. The van der Waals surface area contributed by atoms with Crippen molar-refractivity contribution >= 4 is 29.4 Å². The highest BCUT2D eigenvalue weighted by Gasteiger charge is 2.23. The molecule has 0 spiro atoms. The SMILES string of the molecule is CC(CN(N)C(=O)C1=Cc2ccc(-c3ccc(C(=O)N4CCCC4)cc3)cc2N=C(N=NN)C1)N=O. The first-order valence-corrected chi connectivity index (χ1v) is 11.7.